The van der Waals surface area contributed by atoms with E-state index in [1.807, 2.05) is 0 Å². The largest absolute Gasteiger partial charge is 0.480 e. The van der Waals surface area contributed by atoms with Crippen molar-refractivity contribution in [2.75, 3.05) is 12.4 Å². The number of amides is 1. The number of carboxylic acids is 1. The SMILES string of the molecule is CC(CCl)C(=O)N1CCCC1C(=O)O. The average molecular weight is 220 g/mol. The molecule has 4 nitrogen and oxygen atoms in total. The number of alkyl halides is 1. The van der Waals surface area contributed by atoms with E-state index in [4.69, 9.17) is 16.7 Å². The predicted molar refractivity (Wildman–Crippen MR) is 52.3 cm³/mol. The molecule has 1 aliphatic rings. The summed E-state index contributed by atoms with van der Waals surface area (Å²) in [5, 5.41) is 8.86. The molecule has 1 aliphatic heterocycles. The lowest BCUT2D eigenvalue weighted by Crippen LogP contribution is -2.43. The van der Waals surface area contributed by atoms with E-state index >= 15 is 0 Å². The lowest BCUT2D eigenvalue weighted by Gasteiger charge is -2.23. The number of carbonyl (C=O) groups excluding carboxylic acids is 1. The van der Waals surface area contributed by atoms with Gasteiger partial charge in [0.25, 0.3) is 0 Å². The van der Waals surface area contributed by atoms with E-state index in [-0.39, 0.29) is 17.7 Å². The number of rotatable bonds is 3. The number of hydrogen-bond acceptors (Lipinski definition) is 2. The smallest absolute Gasteiger partial charge is 0.326 e. The third-order valence-electron chi connectivity index (χ3n) is 2.47. The van der Waals surface area contributed by atoms with Crippen LogP contribution in [0.15, 0.2) is 0 Å². The fraction of sp³-hybridized carbons (Fsp3) is 0.778. The number of aliphatic carboxylic acids is 1. The Balaban J connectivity index is 2.67. The van der Waals surface area contributed by atoms with Gasteiger partial charge in [-0.2, -0.15) is 0 Å². The van der Waals surface area contributed by atoms with Crippen LogP contribution in [0.4, 0.5) is 0 Å². The molecular formula is C9H14ClNO3. The van der Waals surface area contributed by atoms with Crippen LogP contribution in [0, 0.1) is 5.92 Å². The quantitative estimate of drug-likeness (QED) is 0.719. The fourth-order valence-corrected chi connectivity index (χ4v) is 1.77. The highest BCUT2D eigenvalue weighted by atomic mass is 35.5. The number of hydrogen-bond donors (Lipinski definition) is 1. The highest BCUT2D eigenvalue weighted by Crippen LogP contribution is 2.20. The molecule has 1 saturated heterocycles. The van der Waals surface area contributed by atoms with Crippen molar-refractivity contribution in [2.45, 2.75) is 25.8 Å². The van der Waals surface area contributed by atoms with Gasteiger partial charge < -0.3 is 10.0 Å². The zero-order valence-corrected chi connectivity index (χ0v) is 8.83. The molecule has 0 aromatic carbocycles. The van der Waals surface area contributed by atoms with Gasteiger partial charge in [-0.05, 0) is 12.8 Å². The number of carbonyl (C=O) groups is 2. The van der Waals surface area contributed by atoms with Crippen molar-refractivity contribution < 1.29 is 14.7 Å². The normalized spacial score (nSPS) is 23.6. The number of nitrogens with zero attached hydrogens (tertiary/aromatic N) is 1. The molecule has 0 aromatic heterocycles. The van der Waals surface area contributed by atoms with Crippen molar-refractivity contribution in [3.05, 3.63) is 0 Å². The second-order valence-corrected chi connectivity index (χ2v) is 3.89. The monoisotopic (exact) mass is 219 g/mol. The summed E-state index contributed by atoms with van der Waals surface area (Å²) in [6, 6.07) is -0.645. The number of likely N-dealkylation sites (tertiary alicyclic amines) is 1. The standard InChI is InChI=1S/C9H14ClNO3/c1-6(5-10)8(12)11-4-2-3-7(11)9(13)14/h6-7H,2-5H2,1H3,(H,13,14). The summed E-state index contributed by atoms with van der Waals surface area (Å²) in [5.74, 6) is -1.12. The maximum atomic E-state index is 11.7. The molecule has 1 fully saturated rings. The second-order valence-electron chi connectivity index (χ2n) is 3.58. The minimum absolute atomic E-state index is 0.148. The van der Waals surface area contributed by atoms with Crippen molar-refractivity contribution in [1.29, 1.82) is 0 Å². The highest BCUT2D eigenvalue weighted by Gasteiger charge is 2.35. The van der Waals surface area contributed by atoms with Crippen LogP contribution in [0.1, 0.15) is 19.8 Å². The molecule has 5 heteroatoms. The van der Waals surface area contributed by atoms with E-state index in [1.54, 1.807) is 6.92 Å². The Morgan fingerprint density at radius 1 is 1.64 bits per heavy atom. The van der Waals surface area contributed by atoms with Crippen molar-refractivity contribution in [3.63, 3.8) is 0 Å². The molecule has 0 saturated carbocycles. The molecule has 1 amide bonds. The maximum absolute atomic E-state index is 11.7. The summed E-state index contributed by atoms with van der Waals surface area (Å²) in [7, 11) is 0. The average Bonchev–Trinajstić information content (AvgIpc) is 2.63. The first-order valence-corrected chi connectivity index (χ1v) is 5.20. The molecule has 0 aromatic rings. The van der Waals surface area contributed by atoms with E-state index in [0.717, 1.165) is 6.42 Å². The first-order chi connectivity index (χ1) is 6.57. The van der Waals surface area contributed by atoms with Crippen molar-refractivity contribution in [2.24, 2.45) is 5.92 Å². The zero-order valence-electron chi connectivity index (χ0n) is 8.07. The number of carboxylic acid groups (broad SMARTS) is 1. The number of halogens is 1. The molecule has 0 spiro atoms. The van der Waals surface area contributed by atoms with Crippen molar-refractivity contribution in [3.8, 4) is 0 Å². The third kappa shape index (κ3) is 2.18. The van der Waals surface area contributed by atoms with E-state index in [9.17, 15) is 9.59 Å². The third-order valence-corrected chi connectivity index (χ3v) is 2.94. The minimum atomic E-state index is -0.919. The zero-order chi connectivity index (χ0) is 10.7. The highest BCUT2D eigenvalue weighted by molar-refractivity contribution is 6.19. The molecule has 0 bridgehead atoms. The van der Waals surface area contributed by atoms with Gasteiger partial charge in [0.1, 0.15) is 6.04 Å². The lowest BCUT2D eigenvalue weighted by molar-refractivity contribution is -0.149. The predicted octanol–water partition coefficient (Wildman–Crippen LogP) is 0.937. The molecule has 1 heterocycles. The summed E-state index contributed by atoms with van der Waals surface area (Å²) in [6.45, 7) is 2.25. The van der Waals surface area contributed by atoms with Gasteiger partial charge in [0, 0.05) is 18.3 Å². The molecule has 1 N–H and O–H groups in total. The molecule has 2 unspecified atom stereocenters. The molecule has 0 aliphatic carbocycles. The summed E-state index contributed by atoms with van der Waals surface area (Å²) in [5.41, 5.74) is 0. The second kappa shape index (κ2) is 4.64. The van der Waals surface area contributed by atoms with Crippen LogP contribution in [0.2, 0.25) is 0 Å². The van der Waals surface area contributed by atoms with Gasteiger partial charge in [0.15, 0.2) is 0 Å². The van der Waals surface area contributed by atoms with Crippen LogP contribution in [0.3, 0.4) is 0 Å². The summed E-state index contributed by atoms with van der Waals surface area (Å²) >= 11 is 5.56. The van der Waals surface area contributed by atoms with Crippen LogP contribution in [0.25, 0.3) is 0 Å². The Kier molecular flexibility index (Phi) is 3.75. The van der Waals surface area contributed by atoms with Crippen molar-refractivity contribution in [1.82, 2.24) is 4.90 Å². The van der Waals surface area contributed by atoms with E-state index in [2.05, 4.69) is 0 Å². The Morgan fingerprint density at radius 3 is 2.79 bits per heavy atom. The van der Waals surface area contributed by atoms with Crippen LogP contribution in [-0.2, 0) is 9.59 Å². The summed E-state index contributed by atoms with van der Waals surface area (Å²) < 4.78 is 0. The summed E-state index contributed by atoms with van der Waals surface area (Å²) in [4.78, 5) is 23.9. The first kappa shape index (κ1) is 11.3. The lowest BCUT2D eigenvalue weighted by atomic mass is 10.1. The summed E-state index contributed by atoms with van der Waals surface area (Å²) in [6.07, 6.45) is 1.31. The minimum Gasteiger partial charge on any atom is -0.480 e. The first-order valence-electron chi connectivity index (χ1n) is 4.67. The molecule has 0 radical (unpaired) electrons. The van der Waals surface area contributed by atoms with Gasteiger partial charge in [-0.25, -0.2) is 4.79 Å². The Labute approximate surface area is 87.8 Å². The molecule has 80 valence electrons. The molecular weight excluding hydrogens is 206 g/mol. The van der Waals surface area contributed by atoms with E-state index in [1.165, 1.54) is 4.90 Å². The Morgan fingerprint density at radius 2 is 2.29 bits per heavy atom. The van der Waals surface area contributed by atoms with Gasteiger partial charge in [-0.1, -0.05) is 6.92 Å². The van der Waals surface area contributed by atoms with Gasteiger partial charge in [-0.15, -0.1) is 11.6 Å². The molecule has 2 atom stereocenters. The van der Waals surface area contributed by atoms with Crippen molar-refractivity contribution >= 4 is 23.5 Å². The maximum Gasteiger partial charge on any atom is 0.326 e. The Hall–Kier alpha value is -0.770. The van der Waals surface area contributed by atoms with Crippen LogP contribution < -0.4 is 0 Å². The topological polar surface area (TPSA) is 57.6 Å². The molecule has 1 rings (SSSR count). The fourth-order valence-electron chi connectivity index (χ4n) is 1.64. The Bertz CT molecular complexity index is 244. The van der Waals surface area contributed by atoms with Gasteiger partial charge in [0.2, 0.25) is 5.91 Å². The van der Waals surface area contributed by atoms with Gasteiger partial charge >= 0.3 is 5.97 Å². The van der Waals surface area contributed by atoms with Crippen LogP contribution >= 0.6 is 11.6 Å². The van der Waals surface area contributed by atoms with E-state index in [0.29, 0.717) is 13.0 Å². The molecule has 14 heavy (non-hydrogen) atoms. The van der Waals surface area contributed by atoms with Crippen LogP contribution in [-0.4, -0.2) is 40.3 Å². The van der Waals surface area contributed by atoms with Crippen LogP contribution in [0.5, 0.6) is 0 Å². The van der Waals surface area contributed by atoms with Gasteiger partial charge in [-0.3, -0.25) is 4.79 Å². The van der Waals surface area contributed by atoms with E-state index < -0.39 is 12.0 Å². The van der Waals surface area contributed by atoms with Gasteiger partial charge in [0.05, 0.1) is 0 Å².